The van der Waals surface area contributed by atoms with Crippen LogP contribution in [0.1, 0.15) is 46.1 Å². The maximum absolute atomic E-state index is 13.2. The molecule has 0 spiro atoms. The van der Waals surface area contributed by atoms with Crippen molar-refractivity contribution in [3.05, 3.63) is 64.1 Å². The van der Waals surface area contributed by atoms with E-state index in [1.54, 1.807) is 17.2 Å². The molecule has 0 aliphatic carbocycles. The van der Waals surface area contributed by atoms with Crippen LogP contribution in [-0.4, -0.2) is 34.9 Å². The summed E-state index contributed by atoms with van der Waals surface area (Å²) < 4.78 is 4.98. The SMILES string of the molecule is CCCN(Cc1nc(C(=O)OCC)cs1)C(=O)c1cccc2ccccc12. The van der Waals surface area contributed by atoms with Gasteiger partial charge in [0.15, 0.2) is 5.69 Å². The molecular formula is C21H22N2O3S. The molecule has 0 saturated heterocycles. The number of carbonyl (C=O) groups excluding carboxylic acids is 2. The van der Waals surface area contributed by atoms with Crippen molar-refractivity contribution in [3.8, 4) is 0 Å². The average molecular weight is 382 g/mol. The van der Waals surface area contributed by atoms with Gasteiger partial charge in [0, 0.05) is 17.5 Å². The number of hydrogen-bond donors (Lipinski definition) is 0. The summed E-state index contributed by atoms with van der Waals surface area (Å²) in [6, 6.07) is 13.6. The van der Waals surface area contributed by atoms with E-state index < -0.39 is 5.97 Å². The van der Waals surface area contributed by atoms with Crippen molar-refractivity contribution < 1.29 is 14.3 Å². The van der Waals surface area contributed by atoms with Gasteiger partial charge in [-0.1, -0.05) is 43.3 Å². The van der Waals surface area contributed by atoms with Gasteiger partial charge in [0.1, 0.15) is 5.01 Å². The normalized spacial score (nSPS) is 10.7. The van der Waals surface area contributed by atoms with E-state index in [2.05, 4.69) is 4.98 Å². The summed E-state index contributed by atoms with van der Waals surface area (Å²) in [6.45, 7) is 5.11. The summed E-state index contributed by atoms with van der Waals surface area (Å²) in [5, 5.41) is 4.39. The van der Waals surface area contributed by atoms with Crippen LogP contribution < -0.4 is 0 Å². The van der Waals surface area contributed by atoms with Gasteiger partial charge in [-0.3, -0.25) is 4.79 Å². The average Bonchev–Trinajstić information content (AvgIpc) is 3.15. The first-order valence-corrected chi connectivity index (χ1v) is 9.90. The molecule has 0 saturated carbocycles. The molecule has 0 aliphatic rings. The van der Waals surface area contributed by atoms with Crippen molar-refractivity contribution in [3.63, 3.8) is 0 Å². The van der Waals surface area contributed by atoms with Gasteiger partial charge in [0.25, 0.3) is 5.91 Å². The molecule has 140 valence electrons. The first kappa shape index (κ1) is 19.0. The Kier molecular flexibility index (Phi) is 6.19. The molecule has 27 heavy (non-hydrogen) atoms. The first-order chi connectivity index (χ1) is 13.1. The van der Waals surface area contributed by atoms with Gasteiger partial charge in [-0.15, -0.1) is 11.3 Å². The highest BCUT2D eigenvalue weighted by Gasteiger charge is 2.20. The molecule has 0 unspecified atom stereocenters. The lowest BCUT2D eigenvalue weighted by atomic mass is 10.0. The maximum Gasteiger partial charge on any atom is 0.357 e. The molecule has 3 aromatic rings. The number of rotatable bonds is 7. The number of thiazole rings is 1. The van der Waals surface area contributed by atoms with Gasteiger partial charge in [-0.25, -0.2) is 9.78 Å². The number of aromatic nitrogens is 1. The molecule has 2 aromatic carbocycles. The Bertz CT molecular complexity index is 946. The fourth-order valence-corrected chi connectivity index (χ4v) is 3.73. The van der Waals surface area contributed by atoms with Crippen LogP contribution in [0.5, 0.6) is 0 Å². The molecule has 0 fully saturated rings. The summed E-state index contributed by atoms with van der Waals surface area (Å²) in [6.07, 6.45) is 0.840. The van der Waals surface area contributed by atoms with E-state index >= 15 is 0 Å². The number of amides is 1. The Hall–Kier alpha value is -2.73. The van der Waals surface area contributed by atoms with E-state index in [9.17, 15) is 9.59 Å². The molecule has 0 bridgehead atoms. The Morgan fingerprint density at radius 1 is 1.11 bits per heavy atom. The second kappa shape index (κ2) is 8.77. The minimum absolute atomic E-state index is 0.0264. The molecule has 1 heterocycles. The van der Waals surface area contributed by atoms with Gasteiger partial charge in [0.2, 0.25) is 0 Å². The van der Waals surface area contributed by atoms with E-state index in [1.807, 2.05) is 49.4 Å². The lowest BCUT2D eigenvalue weighted by Crippen LogP contribution is -2.31. The molecular weight excluding hydrogens is 360 g/mol. The van der Waals surface area contributed by atoms with Crippen molar-refractivity contribution in [2.45, 2.75) is 26.8 Å². The van der Waals surface area contributed by atoms with Crippen molar-refractivity contribution in [2.24, 2.45) is 0 Å². The zero-order valence-corrected chi connectivity index (χ0v) is 16.3. The van der Waals surface area contributed by atoms with E-state index in [-0.39, 0.29) is 5.91 Å². The fourth-order valence-electron chi connectivity index (χ4n) is 2.95. The molecule has 0 atom stereocenters. The Labute approximate surface area is 162 Å². The second-order valence-electron chi connectivity index (χ2n) is 6.10. The lowest BCUT2D eigenvalue weighted by molar-refractivity contribution is 0.0520. The van der Waals surface area contributed by atoms with E-state index in [1.165, 1.54) is 11.3 Å². The summed E-state index contributed by atoms with van der Waals surface area (Å²) >= 11 is 1.37. The number of esters is 1. The van der Waals surface area contributed by atoms with Crippen LogP contribution in [-0.2, 0) is 11.3 Å². The van der Waals surface area contributed by atoms with Crippen LogP contribution in [0.2, 0.25) is 0 Å². The van der Waals surface area contributed by atoms with Crippen molar-refractivity contribution in [1.82, 2.24) is 9.88 Å². The van der Waals surface area contributed by atoms with Crippen LogP contribution in [0.25, 0.3) is 10.8 Å². The fraction of sp³-hybridized carbons (Fsp3) is 0.286. The summed E-state index contributed by atoms with van der Waals surface area (Å²) in [5.41, 5.74) is 0.981. The molecule has 1 amide bonds. The number of ether oxygens (including phenoxy) is 1. The van der Waals surface area contributed by atoms with Crippen molar-refractivity contribution in [2.75, 3.05) is 13.2 Å². The number of nitrogens with zero attached hydrogens (tertiary/aromatic N) is 2. The monoisotopic (exact) mass is 382 g/mol. The topological polar surface area (TPSA) is 59.5 Å². The number of fused-ring (bicyclic) bond motifs is 1. The van der Waals surface area contributed by atoms with Crippen LogP contribution >= 0.6 is 11.3 Å². The predicted molar refractivity (Wildman–Crippen MR) is 107 cm³/mol. The van der Waals surface area contributed by atoms with Crippen molar-refractivity contribution >= 4 is 34.0 Å². The quantitative estimate of drug-likeness (QED) is 0.564. The molecule has 6 heteroatoms. The second-order valence-corrected chi connectivity index (χ2v) is 7.04. The molecule has 5 nitrogen and oxygen atoms in total. The molecule has 0 radical (unpaired) electrons. The van der Waals surface area contributed by atoms with E-state index in [4.69, 9.17) is 4.74 Å². The highest BCUT2D eigenvalue weighted by atomic mass is 32.1. The third-order valence-corrected chi connectivity index (χ3v) is 5.00. The summed E-state index contributed by atoms with van der Waals surface area (Å²) in [7, 11) is 0. The van der Waals surface area contributed by atoms with Gasteiger partial charge in [-0.2, -0.15) is 0 Å². The number of carbonyl (C=O) groups is 2. The first-order valence-electron chi connectivity index (χ1n) is 9.02. The molecule has 1 aromatic heterocycles. The van der Waals surface area contributed by atoms with E-state index in [0.717, 1.165) is 22.2 Å². The highest BCUT2D eigenvalue weighted by Crippen LogP contribution is 2.22. The zero-order valence-electron chi connectivity index (χ0n) is 15.5. The summed E-state index contributed by atoms with van der Waals surface area (Å²) in [5.74, 6) is -0.455. The van der Waals surface area contributed by atoms with Crippen LogP contribution in [0.15, 0.2) is 47.8 Å². The Morgan fingerprint density at radius 3 is 2.67 bits per heavy atom. The minimum Gasteiger partial charge on any atom is -0.461 e. The molecule has 0 N–H and O–H groups in total. The molecule has 0 aliphatic heterocycles. The van der Waals surface area contributed by atoms with E-state index in [0.29, 0.717) is 31.0 Å². The maximum atomic E-state index is 13.2. The Morgan fingerprint density at radius 2 is 1.89 bits per heavy atom. The predicted octanol–water partition coefficient (Wildman–Crippen LogP) is 4.53. The third-order valence-electron chi connectivity index (χ3n) is 4.16. The third kappa shape index (κ3) is 4.34. The minimum atomic E-state index is -0.428. The number of benzene rings is 2. The van der Waals surface area contributed by atoms with Crippen LogP contribution in [0.3, 0.4) is 0 Å². The smallest absolute Gasteiger partial charge is 0.357 e. The number of hydrogen-bond acceptors (Lipinski definition) is 5. The van der Waals surface area contributed by atoms with Crippen LogP contribution in [0, 0.1) is 0 Å². The van der Waals surface area contributed by atoms with Crippen molar-refractivity contribution in [1.29, 1.82) is 0 Å². The van der Waals surface area contributed by atoms with Gasteiger partial charge in [0.05, 0.1) is 13.2 Å². The Balaban J connectivity index is 1.85. The molecule has 3 rings (SSSR count). The standard InChI is InChI=1S/C21H22N2O3S/c1-3-12-23(13-19-22-18(14-27-19)21(25)26-4-2)20(24)17-11-7-9-15-8-5-6-10-16(15)17/h5-11,14H,3-4,12-13H2,1-2H3. The zero-order chi connectivity index (χ0) is 19.2. The summed E-state index contributed by atoms with van der Waals surface area (Å²) in [4.78, 5) is 31.1. The van der Waals surface area contributed by atoms with Gasteiger partial charge < -0.3 is 9.64 Å². The van der Waals surface area contributed by atoms with Crippen LogP contribution in [0.4, 0.5) is 0 Å². The van der Waals surface area contributed by atoms with Gasteiger partial charge in [-0.05, 0) is 30.2 Å². The largest absolute Gasteiger partial charge is 0.461 e. The van der Waals surface area contributed by atoms with Gasteiger partial charge >= 0.3 is 5.97 Å². The lowest BCUT2D eigenvalue weighted by Gasteiger charge is -2.22. The highest BCUT2D eigenvalue weighted by molar-refractivity contribution is 7.09.